The summed E-state index contributed by atoms with van der Waals surface area (Å²) < 4.78 is 8.18. The lowest BCUT2D eigenvalue weighted by atomic mass is 9.97. The summed E-state index contributed by atoms with van der Waals surface area (Å²) in [5.74, 6) is 1.11. The lowest BCUT2D eigenvalue weighted by Gasteiger charge is -2.30. The van der Waals surface area contributed by atoms with Gasteiger partial charge in [0.05, 0.1) is 23.8 Å². The van der Waals surface area contributed by atoms with Crippen molar-refractivity contribution in [2.75, 3.05) is 6.54 Å². The van der Waals surface area contributed by atoms with Gasteiger partial charge in [0.15, 0.2) is 0 Å². The van der Waals surface area contributed by atoms with Gasteiger partial charge in [0, 0.05) is 17.4 Å². The number of hydrogen-bond donors (Lipinski definition) is 0. The highest BCUT2D eigenvalue weighted by molar-refractivity contribution is 9.10. The van der Waals surface area contributed by atoms with Gasteiger partial charge in [-0.05, 0) is 42.3 Å². The van der Waals surface area contributed by atoms with Gasteiger partial charge in [-0.2, -0.15) is 0 Å². The van der Waals surface area contributed by atoms with Crippen LogP contribution in [0.5, 0.6) is 5.75 Å². The average molecular weight is 530 g/mol. The maximum absolute atomic E-state index is 13.9. The van der Waals surface area contributed by atoms with E-state index in [0.717, 1.165) is 21.3 Å². The summed E-state index contributed by atoms with van der Waals surface area (Å²) >= 11 is 3.38. The van der Waals surface area contributed by atoms with Gasteiger partial charge in [-0.15, -0.1) is 0 Å². The minimum absolute atomic E-state index is 0.133. The monoisotopic (exact) mass is 529 g/mol. The first-order valence-corrected chi connectivity index (χ1v) is 12.2. The van der Waals surface area contributed by atoms with Crippen molar-refractivity contribution in [3.63, 3.8) is 0 Å². The van der Waals surface area contributed by atoms with Crippen LogP contribution in [0.15, 0.2) is 94.2 Å². The second-order valence-electron chi connectivity index (χ2n) is 8.48. The summed E-state index contributed by atoms with van der Waals surface area (Å²) in [6.07, 6.45) is 0.0235. The first-order chi connectivity index (χ1) is 17.0. The van der Waals surface area contributed by atoms with Gasteiger partial charge >= 0.3 is 6.09 Å². The Hall–Kier alpha value is -3.71. The highest BCUT2D eigenvalue weighted by atomic mass is 79.9. The van der Waals surface area contributed by atoms with Crippen molar-refractivity contribution in [1.29, 1.82) is 0 Å². The smallest absolute Gasteiger partial charge is 0.410 e. The number of hydrogen-bond acceptors (Lipinski definition) is 4. The van der Waals surface area contributed by atoms with E-state index in [1.807, 2.05) is 79.7 Å². The van der Waals surface area contributed by atoms with E-state index >= 15 is 0 Å². The van der Waals surface area contributed by atoms with Crippen molar-refractivity contribution in [3.05, 3.63) is 128 Å². The van der Waals surface area contributed by atoms with Crippen LogP contribution in [0.25, 0.3) is 0 Å². The summed E-state index contributed by atoms with van der Waals surface area (Å²) in [7, 11) is 0. The molecular weight excluding hydrogens is 506 g/mol. The molecule has 1 amide bonds. The predicted octanol–water partition coefficient (Wildman–Crippen LogP) is 5.51. The standard InChI is InChI=1S/C28H24BrN3O3/c1-19-30-25-16-17-31(28(34)35-23-14-12-22(29)13-15-23)18-24(25)27(33)32(19)26(20-8-4-2-5-9-20)21-10-6-3-7-11-21/h2-15,26H,16-18H2,1H3. The van der Waals surface area contributed by atoms with E-state index in [2.05, 4.69) is 15.9 Å². The second-order valence-corrected chi connectivity index (χ2v) is 9.39. The van der Waals surface area contributed by atoms with E-state index in [9.17, 15) is 9.59 Å². The molecular formula is C28H24BrN3O3. The molecule has 0 spiro atoms. The van der Waals surface area contributed by atoms with E-state index in [-0.39, 0.29) is 18.1 Å². The minimum atomic E-state index is -0.479. The van der Waals surface area contributed by atoms with Crippen LogP contribution in [0.2, 0.25) is 0 Å². The van der Waals surface area contributed by atoms with Crippen LogP contribution in [0.3, 0.4) is 0 Å². The molecule has 0 bridgehead atoms. The number of benzene rings is 3. The summed E-state index contributed by atoms with van der Waals surface area (Å²) in [4.78, 5) is 33.2. The average Bonchev–Trinajstić information content (AvgIpc) is 2.88. The molecule has 0 atom stereocenters. The fourth-order valence-electron chi connectivity index (χ4n) is 4.50. The van der Waals surface area contributed by atoms with E-state index in [1.165, 1.54) is 0 Å². The van der Waals surface area contributed by atoms with Crippen LogP contribution in [0, 0.1) is 6.92 Å². The van der Waals surface area contributed by atoms with Crippen molar-refractivity contribution in [1.82, 2.24) is 14.5 Å². The Morgan fingerprint density at radius 3 is 2.14 bits per heavy atom. The molecule has 5 rings (SSSR count). The Balaban J connectivity index is 1.51. The van der Waals surface area contributed by atoms with Crippen molar-refractivity contribution in [3.8, 4) is 5.75 Å². The highest BCUT2D eigenvalue weighted by Gasteiger charge is 2.29. The molecule has 4 aromatic rings. The number of aryl methyl sites for hydroxylation is 1. The fraction of sp³-hybridized carbons (Fsp3) is 0.179. The van der Waals surface area contributed by atoms with Gasteiger partial charge in [0.1, 0.15) is 11.6 Å². The topological polar surface area (TPSA) is 64.4 Å². The molecule has 6 nitrogen and oxygen atoms in total. The lowest BCUT2D eigenvalue weighted by Crippen LogP contribution is -2.43. The quantitative estimate of drug-likeness (QED) is 0.349. The third kappa shape index (κ3) is 4.77. The number of carbonyl (C=O) groups is 1. The molecule has 3 aromatic carbocycles. The highest BCUT2D eigenvalue weighted by Crippen LogP contribution is 2.27. The molecule has 35 heavy (non-hydrogen) atoms. The van der Waals surface area contributed by atoms with Crippen molar-refractivity contribution < 1.29 is 9.53 Å². The number of halogens is 1. The second kappa shape index (κ2) is 9.88. The van der Waals surface area contributed by atoms with E-state index in [4.69, 9.17) is 9.72 Å². The first kappa shape index (κ1) is 23.1. The summed E-state index contributed by atoms with van der Waals surface area (Å²) in [5, 5.41) is 0. The molecule has 0 aliphatic carbocycles. The van der Waals surface area contributed by atoms with Gasteiger partial charge in [-0.1, -0.05) is 76.6 Å². The van der Waals surface area contributed by atoms with Crippen LogP contribution < -0.4 is 10.3 Å². The molecule has 2 heterocycles. The van der Waals surface area contributed by atoms with Crippen LogP contribution in [0.4, 0.5) is 4.79 Å². The van der Waals surface area contributed by atoms with E-state index < -0.39 is 6.09 Å². The molecule has 7 heteroatoms. The van der Waals surface area contributed by atoms with Crippen molar-refractivity contribution in [2.45, 2.75) is 25.9 Å². The number of carbonyl (C=O) groups excluding carboxylic acids is 1. The van der Waals surface area contributed by atoms with Gasteiger partial charge in [0.2, 0.25) is 0 Å². The molecule has 1 aliphatic heterocycles. The fourth-order valence-corrected chi connectivity index (χ4v) is 4.76. The van der Waals surface area contributed by atoms with Crippen LogP contribution >= 0.6 is 15.9 Å². The van der Waals surface area contributed by atoms with Gasteiger partial charge in [-0.25, -0.2) is 9.78 Å². The molecule has 1 aromatic heterocycles. The zero-order chi connectivity index (χ0) is 24.4. The third-order valence-corrected chi connectivity index (χ3v) is 6.73. The summed E-state index contributed by atoms with van der Waals surface area (Å²) in [5.41, 5.74) is 3.13. The summed E-state index contributed by atoms with van der Waals surface area (Å²) in [6, 6.07) is 26.6. The molecule has 0 radical (unpaired) electrons. The Labute approximate surface area is 211 Å². The van der Waals surface area contributed by atoms with Crippen LogP contribution in [-0.2, 0) is 13.0 Å². The number of amides is 1. The predicted molar refractivity (Wildman–Crippen MR) is 138 cm³/mol. The zero-order valence-corrected chi connectivity index (χ0v) is 20.8. The van der Waals surface area contributed by atoms with E-state index in [0.29, 0.717) is 30.1 Å². The van der Waals surface area contributed by atoms with Gasteiger partial charge in [0.25, 0.3) is 5.56 Å². The normalized spacial score (nSPS) is 12.9. The molecule has 0 N–H and O–H groups in total. The SMILES string of the molecule is Cc1nc2c(c(=O)n1C(c1ccccc1)c1ccccc1)CN(C(=O)Oc1ccc(Br)cc1)CC2. The van der Waals surface area contributed by atoms with Gasteiger partial charge < -0.3 is 9.64 Å². The maximum atomic E-state index is 13.9. The van der Waals surface area contributed by atoms with E-state index in [1.54, 1.807) is 21.6 Å². The molecule has 1 aliphatic rings. The molecule has 0 fully saturated rings. The maximum Gasteiger partial charge on any atom is 0.415 e. The Kier molecular flexibility index (Phi) is 6.51. The molecule has 0 unspecified atom stereocenters. The number of aromatic nitrogens is 2. The van der Waals surface area contributed by atoms with Crippen molar-refractivity contribution >= 4 is 22.0 Å². The number of nitrogens with zero attached hydrogens (tertiary/aromatic N) is 3. The molecule has 176 valence electrons. The third-order valence-electron chi connectivity index (χ3n) is 6.20. The number of rotatable bonds is 4. The number of fused-ring (bicyclic) bond motifs is 1. The number of ether oxygens (including phenoxy) is 1. The Bertz CT molecular complexity index is 1360. The Morgan fingerprint density at radius 1 is 0.943 bits per heavy atom. The largest absolute Gasteiger partial charge is 0.415 e. The minimum Gasteiger partial charge on any atom is -0.410 e. The van der Waals surface area contributed by atoms with Crippen molar-refractivity contribution in [2.24, 2.45) is 0 Å². The Morgan fingerprint density at radius 2 is 1.54 bits per heavy atom. The van der Waals surface area contributed by atoms with Crippen LogP contribution in [-0.4, -0.2) is 27.1 Å². The zero-order valence-electron chi connectivity index (χ0n) is 19.2. The lowest BCUT2D eigenvalue weighted by molar-refractivity contribution is 0.146. The molecule has 0 saturated carbocycles. The first-order valence-electron chi connectivity index (χ1n) is 11.4. The summed E-state index contributed by atoms with van der Waals surface area (Å²) in [6.45, 7) is 2.47. The van der Waals surface area contributed by atoms with Gasteiger partial charge in [-0.3, -0.25) is 9.36 Å². The molecule has 0 saturated heterocycles. The van der Waals surface area contributed by atoms with Crippen LogP contribution in [0.1, 0.15) is 34.3 Å².